The van der Waals surface area contributed by atoms with Crippen molar-refractivity contribution in [1.29, 1.82) is 0 Å². The van der Waals surface area contributed by atoms with Gasteiger partial charge in [0.05, 0.1) is 6.61 Å². The Kier molecular flexibility index (Phi) is 2.62. The van der Waals surface area contributed by atoms with E-state index in [0.717, 1.165) is 0 Å². The third-order valence-corrected chi connectivity index (χ3v) is 1.45. The minimum Gasteiger partial charge on any atom is -0.477 e. The molecule has 5 heteroatoms. The van der Waals surface area contributed by atoms with Crippen molar-refractivity contribution in [1.82, 2.24) is 4.98 Å². The lowest BCUT2D eigenvalue weighted by molar-refractivity contribution is 0.0690. The van der Waals surface area contributed by atoms with Crippen molar-refractivity contribution in [3.05, 3.63) is 28.5 Å². The summed E-state index contributed by atoms with van der Waals surface area (Å²) in [6.45, 7) is -0.248. The van der Waals surface area contributed by atoms with Gasteiger partial charge in [0.15, 0.2) is 0 Å². The number of carboxylic acids is 1. The number of halogens is 1. The van der Waals surface area contributed by atoms with Gasteiger partial charge < -0.3 is 10.2 Å². The maximum Gasteiger partial charge on any atom is 0.354 e. The Morgan fingerprint density at radius 3 is 2.75 bits per heavy atom. The average molecular weight is 188 g/mol. The minimum atomic E-state index is -1.16. The van der Waals surface area contributed by atoms with Crippen LogP contribution in [0.2, 0.25) is 5.15 Å². The van der Waals surface area contributed by atoms with Crippen molar-refractivity contribution in [3.63, 3.8) is 0 Å². The summed E-state index contributed by atoms with van der Waals surface area (Å²) in [6, 6.07) is 2.68. The second-order valence-electron chi connectivity index (χ2n) is 2.15. The number of aliphatic hydroxyl groups is 1. The number of rotatable bonds is 2. The molecule has 0 aliphatic carbocycles. The summed E-state index contributed by atoms with van der Waals surface area (Å²) in [4.78, 5) is 14.0. The number of aliphatic hydroxyl groups excluding tert-OH is 1. The second-order valence-corrected chi connectivity index (χ2v) is 2.53. The lowest BCUT2D eigenvalue weighted by Gasteiger charge is -1.98. The molecule has 1 aromatic heterocycles. The van der Waals surface area contributed by atoms with Crippen molar-refractivity contribution >= 4 is 17.6 Å². The quantitative estimate of drug-likeness (QED) is 0.676. The summed E-state index contributed by atoms with van der Waals surface area (Å²) >= 11 is 5.49. The third-order valence-electron chi connectivity index (χ3n) is 1.26. The topological polar surface area (TPSA) is 70.4 Å². The molecule has 0 atom stereocenters. The van der Waals surface area contributed by atoms with Crippen LogP contribution >= 0.6 is 11.6 Å². The lowest BCUT2D eigenvalue weighted by atomic mass is 10.2. The first kappa shape index (κ1) is 8.96. The molecule has 0 saturated heterocycles. The van der Waals surface area contributed by atoms with Crippen LogP contribution in [0.5, 0.6) is 0 Å². The molecule has 0 aliphatic rings. The fraction of sp³-hybridized carbons (Fsp3) is 0.143. The number of nitrogens with zero attached hydrogens (tertiary/aromatic N) is 1. The van der Waals surface area contributed by atoms with Gasteiger partial charge in [0.2, 0.25) is 0 Å². The Morgan fingerprint density at radius 2 is 2.25 bits per heavy atom. The Balaban J connectivity index is 3.15. The number of carbonyl (C=O) groups is 1. The molecule has 1 aromatic rings. The highest BCUT2D eigenvalue weighted by molar-refractivity contribution is 6.29. The van der Waals surface area contributed by atoms with Crippen molar-refractivity contribution < 1.29 is 15.0 Å². The molecular weight excluding hydrogens is 182 g/mol. The van der Waals surface area contributed by atoms with Crippen LogP contribution in [0.15, 0.2) is 12.1 Å². The molecule has 0 amide bonds. The summed E-state index contributed by atoms with van der Waals surface area (Å²) in [6.07, 6.45) is 0. The first-order valence-corrected chi connectivity index (χ1v) is 3.52. The van der Waals surface area contributed by atoms with Gasteiger partial charge in [0, 0.05) is 0 Å². The van der Waals surface area contributed by atoms with Crippen LogP contribution in [0, 0.1) is 0 Å². The van der Waals surface area contributed by atoms with Crippen LogP contribution < -0.4 is 0 Å². The van der Waals surface area contributed by atoms with Crippen LogP contribution in [0.3, 0.4) is 0 Å². The van der Waals surface area contributed by atoms with Gasteiger partial charge in [-0.1, -0.05) is 11.6 Å². The molecule has 64 valence electrons. The zero-order valence-electron chi connectivity index (χ0n) is 5.99. The van der Waals surface area contributed by atoms with Crippen LogP contribution in [-0.2, 0) is 6.61 Å². The number of carboxylic acid groups (broad SMARTS) is 1. The fourth-order valence-electron chi connectivity index (χ4n) is 0.751. The standard InChI is InChI=1S/C7H6ClNO3/c8-6-2-4(3-10)1-5(9-6)7(11)12/h1-2,10H,3H2,(H,11,12). The molecule has 12 heavy (non-hydrogen) atoms. The molecule has 2 N–H and O–H groups in total. The second kappa shape index (κ2) is 3.51. The van der Waals surface area contributed by atoms with Crippen LogP contribution in [0.1, 0.15) is 16.1 Å². The summed E-state index contributed by atoms with van der Waals surface area (Å²) in [7, 11) is 0. The maximum atomic E-state index is 10.4. The predicted octanol–water partition coefficient (Wildman–Crippen LogP) is 0.925. The largest absolute Gasteiger partial charge is 0.477 e. The van der Waals surface area contributed by atoms with Crippen molar-refractivity contribution in [2.75, 3.05) is 0 Å². The van der Waals surface area contributed by atoms with E-state index in [1.165, 1.54) is 12.1 Å². The first-order chi connectivity index (χ1) is 5.63. The monoisotopic (exact) mass is 187 g/mol. The molecule has 0 fully saturated rings. The zero-order valence-corrected chi connectivity index (χ0v) is 6.75. The van der Waals surface area contributed by atoms with Gasteiger partial charge >= 0.3 is 5.97 Å². The van der Waals surface area contributed by atoms with Gasteiger partial charge in [-0.25, -0.2) is 9.78 Å². The molecule has 0 bridgehead atoms. The fourth-order valence-corrected chi connectivity index (χ4v) is 0.982. The highest BCUT2D eigenvalue weighted by Crippen LogP contribution is 2.10. The number of aromatic nitrogens is 1. The summed E-state index contributed by atoms with van der Waals surface area (Å²) in [5, 5.41) is 17.3. The van der Waals surface area contributed by atoms with Gasteiger partial charge in [0.25, 0.3) is 0 Å². The number of aromatic carboxylic acids is 1. The summed E-state index contributed by atoms with van der Waals surface area (Å²) < 4.78 is 0. The van der Waals surface area contributed by atoms with Crippen molar-refractivity contribution in [2.24, 2.45) is 0 Å². The number of hydrogen-bond donors (Lipinski definition) is 2. The highest BCUT2D eigenvalue weighted by atomic mass is 35.5. The van der Waals surface area contributed by atoms with Gasteiger partial charge in [-0.2, -0.15) is 0 Å². The number of hydrogen-bond acceptors (Lipinski definition) is 3. The Bertz CT molecular complexity index is 314. The van der Waals surface area contributed by atoms with Crippen LogP contribution in [0.4, 0.5) is 0 Å². The average Bonchev–Trinajstić information content (AvgIpc) is 2.03. The van der Waals surface area contributed by atoms with Crippen LogP contribution in [0.25, 0.3) is 0 Å². The lowest BCUT2D eigenvalue weighted by Crippen LogP contribution is -2.01. The predicted molar refractivity (Wildman–Crippen MR) is 42.1 cm³/mol. The molecule has 1 rings (SSSR count). The highest BCUT2D eigenvalue weighted by Gasteiger charge is 2.06. The van der Waals surface area contributed by atoms with Crippen LogP contribution in [-0.4, -0.2) is 21.2 Å². The Labute approximate surface area is 73.4 Å². The Morgan fingerprint density at radius 1 is 1.58 bits per heavy atom. The molecule has 0 saturated carbocycles. The first-order valence-electron chi connectivity index (χ1n) is 3.14. The van der Waals surface area contributed by atoms with E-state index in [-0.39, 0.29) is 17.5 Å². The van der Waals surface area contributed by atoms with E-state index in [0.29, 0.717) is 5.56 Å². The van der Waals surface area contributed by atoms with E-state index < -0.39 is 5.97 Å². The molecule has 4 nitrogen and oxygen atoms in total. The number of pyridine rings is 1. The SMILES string of the molecule is O=C(O)c1cc(CO)cc(Cl)n1. The zero-order chi connectivity index (χ0) is 9.14. The molecule has 0 unspecified atom stereocenters. The van der Waals surface area contributed by atoms with E-state index in [1.54, 1.807) is 0 Å². The third kappa shape index (κ3) is 1.93. The molecule has 0 aliphatic heterocycles. The van der Waals surface area contributed by atoms with Gasteiger partial charge in [-0.05, 0) is 17.7 Å². The van der Waals surface area contributed by atoms with Gasteiger partial charge in [-0.15, -0.1) is 0 Å². The molecule has 0 aromatic carbocycles. The van der Waals surface area contributed by atoms with Crippen molar-refractivity contribution in [2.45, 2.75) is 6.61 Å². The summed E-state index contributed by atoms with van der Waals surface area (Å²) in [5.74, 6) is -1.16. The van der Waals surface area contributed by atoms with E-state index in [2.05, 4.69) is 4.98 Å². The van der Waals surface area contributed by atoms with Crippen molar-refractivity contribution in [3.8, 4) is 0 Å². The maximum absolute atomic E-state index is 10.4. The smallest absolute Gasteiger partial charge is 0.354 e. The normalized spacial score (nSPS) is 9.83. The van der Waals surface area contributed by atoms with E-state index in [9.17, 15) is 4.79 Å². The molecule has 0 spiro atoms. The minimum absolute atomic E-state index is 0.0685. The van der Waals surface area contributed by atoms with E-state index in [1.807, 2.05) is 0 Å². The van der Waals surface area contributed by atoms with E-state index >= 15 is 0 Å². The summed E-state index contributed by atoms with van der Waals surface area (Å²) in [5.41, 5.74) is 0.277. The Hall–Kier alpha value is -1.13. The van der Waals surface area contributed by atoms with Gasteiger partial charge in [0.1, 0.15) is 10.8 Å². The molecular formula is C7H6ClNO3. The van der Waals surface area contributed by atoms with E-state index in [4.69, 9.17) is 21.8 Å². The molecule has 0 radical (unpaired) electrons. The molecule has 1 heterocycles. The van der Waals surface area contributed by atoms with Gasteiger partial charge in [-0.3, -0.25) is 0 Å².